The van der Waals surface area contributed by atoms with Crippen LogP contribution in [0.15, 0.2) is 18.3 Å². The Labute approximate surface area is 120 Å². The highest BCUT2D eigenvalue weighted by atomic mass is 35.5. The van der Waals surface area contributed by atoms with Crippen molar-refractivity contribution < 1.29 is 9.53 Å². The lowest BCUT2D eigenvalue weighted by atomic mass is 10.2. The first-order valence-corrected chi connectivity index (χ1v) is 6.50. The Hall–Kier alpha value is -2.21. The first kappa shape index (κ1) is 12.8. The fourth-order valence-electron chi connectivity index (χ4n) is 1.98. The number of fused-ring (bicyclic) bond motifs is 1. The van der Waals surface area contributed by atoms with Crippen molar-refractivity contribution in [1.82, 2.24) is 10.2 Å². The van der Waals surface area contributed by atoms with E-state index in [0.717, 1.165) is 16.9 Å². The number of aromatic nitrogens is 2. The number of carbonyl (C=O) groups is 1. The molecule has 6 nitrogen and oxygen atoms in total. The Morgan fingerprint density at radius 2 is 2.35 bits per heavy atom. The molecule has 3 rings (SSSR count). The van der Waals surface area contributed by atoms with Gasteiger partial charge >= 0.3 is 0 Å². The molecule has 2 heterocycles. The number of nitrogens with zero attached hydrogens (tertiary/aromatic N) is 1. The van der Waals surface area contributed by atoms with Crippen molar-refractivity contribution in [3.63, 3.8) is 0 Å². The van der Waals surface area contributed by atoms with Gasteiger partial charge in [-0.15, -0.1) is 0 Å². The van der Waals surface area contributed by atoms with Crippen LogP contribution in [0.1, 0.15) is 11.3 Å². The fraction of sp³-hybridized carbons (Fsp3) is 0.231. The minimum atomic E-state index is -0.178. The highest BCUT2D eigenvalue weighted by molar-refractivity contribution is 6.33. The summed E-state index contributed by atoms with van der Waals surface area (Å²) >= 11 is 6.20. The number of hydrogen-bond acceptors (Lipinski definition) is 4. The number of aromatic amines is 1. The number of carbonyl (C=O) groups excluding carboxylic acids is 1. The Kier molecular flexibility index (Phi) is 3.23. The zero-order valence-electron chi connectivity index (χ0n) is 10.8. The number of benzene rings is 1. The number of hydrogen-bond donors (Lipinski definition) is 3. The molecular formula is C13H13ClN4O2. The van der Waals surface area contributed by atoms with E-state index in [0.29, 0.717) is 23.0 Å². The highest BCUT2D eigenvalue weighted by Crippen LogP contribution is 2.36. The smallest absolute Gasteiger partial charge is 0.262 e. The topological polar surface area (TPSA) is 79.0 Å². The average Bonchev–Trinajstić information content (AvgIpc) is 2.82. The molecule has 1 aromatic carbocycles. The molecule has 20 heavy (non-hydrogen) atoms. The van der Waals surface area contributed by atoms with E-state index in [-0.39, 0.29) is 12.5 Å². The molecule has 0 saturated heterocycles. The standard InChI is InChI=1S/C13H13ClN4O2/c1-7-8(5-16-18-7)4-15-10-3-12-11(2-9(10)14)17-13(19)6-20-12/h2-3,5,15H,4,6H2,1H3,(H,16,18)(H,17,19). The summed E-state index contributed by atoms with van der Waals surface area (Å²) in [5, 5.41) is 13.3. The zero-order chi connectivity index (χ0) is 14.1. The van der Waals surface area contributed by atoms with Crippen molar-refractivity contribution in [3.05, 3.63) is 34.6 Å². The molecule has 0 fully saturated rings. The van der Waals surface area contributed by atoms with E-state index in [1.54, 1.807) is 18.3 Å². The van der Waals surface area contributed by atoms with E-state index in [4.69, 9.17) is 16.3 Å². The van der Waals surface area contributed by atoms with Crippen molar-refractivity contribution in [2.75, 3.05) is 17.2 Å². The van der Waals surface area contributed by atoms with Crippen LogP contribution < -0.4 is 15.4 Å². The average molecular weight is 293 g/mol. The molecule has 104 valence electrons. The quantitative estimate of drug-likeness (QED) is 0.811. The van der Waals surface area contributed by atoms with Gasteiger partial charge in [-0.2, -0.15) is 5.10 Å². The number of rotatable bonds is 3. The van der Waals surface area contributed by atoms with E-state index in [2.05, 4.69) is 20.8 Å². The lowest BCUT2D eigenvalue weighted by molar-refractivity contribution is -0.118. The van der Waals surface area contributed by atoms with Gasteiger partial charge in [0.1, 0.15) is 5.75 Å². The van der Waals surface area contributed by atoms with Crippen LogP contribution in [0.5, 0.6) is 5.75 Å². The van der Waals surface area contributed by atoms with Gasteiger partial charge in [-0.05, 0) is 13.0 Å². The molecule has 0 radical (unpaired) electrons. The van der Waals surface area contributed by atoms with Crippen LogP contribution in [0.25, 0.3) is 0 Å². The number of halogens is 1. The molecule has 0 spiro atoms. The van der Waals surface area contributed by atoms with Gasteiger partial charge in [0.2, 0.25) is 0 Å². The maximum absolute atomic E-state index is 11.2. The lowest BCUT2D eigenvalue weighted by Crippen LogP contribution is -2.25. The van der Waals surface area contributed by atoms with Gasteiger partial charge in [0, 0.05) is 23.9 Å². The first-order chi connectivity index (χ1) is 9.63. The second-order valence-corrected chi connectivity index (χ2v) is 4.95. The minimum Gasteiger partial charge on any atom is -0.482 e. The second-order valence-electron chi connectivity index (χ2n) is 4.54. The summed E-state index contributed by atoms with van der Waals surface area (Å²) in [6.07, 6.45) is 1.77. The molecule has 1 amide bonds. The third-order valence-electron chi connectivity index (χ3n) is 3.11. The van der Waals surface area contributed by atoms with Crippen LogP contribution in [-0.4, -0.2) is 22.7 Å². The van der Waals surface area contributed by atoms with E-state index in [9.17, 15) is 4.79 Å². The Morgan fingerprint density at radius 1 is 1.50 bits per heavy atom. The van der Waals surface area contributed by atoms with Gasteiger partial charge < -0.3 is 15.4 Å². The van der Waals surface area contributed by atoms with E-state index in [1.165, 1.54) is 0 Å². The van der Waals surface area contributed by atoms with Crippen molar-refractivity contribution >= 4 is 28.9 Å². The van der Waals surface area contributed by atoms with Crippen molar-refractivity contribution in [3.8, 4) is 5.75 Å². The third kappa shape index (κ3) is 2.42. The summed E-state index contributed by atoms with van der Waals surface area (Å²) < 4.78 is 5.36. The van der Waals surface area contributed by atoms with Crippen molar-refractivity contribution in [1.29, 1.82) is 0 Å². The van der Waals surface area contributed by atoms with Gasteiger partial charge in [0.15, 0.2) is 6.61 Å². The molecule has 1 aliphatic heterocycles. The van der Waals surface area contributed by atoms with Gasteiger partial charge in [-0.3, -0.25) is 9.89 Å². The number of amides is 1. The monoisotopic (exact) mass is 292 g/mol. The molecule has 1 aliphatic rings. The largest absolute Gasteiger partial charge is 0.482 e. The summed E-state index contributed by atoms with van der Waals surface area (Å²) in [5.74, 6) is 0.434. The Bertz CT molecular complexity index is 668. The van der Waals surface area contributed by atoms with E-state index < -0.39 is 0 Å². The Balaban J connectivity index is 1.80. The van der Waals surface area contributed by atoms with Crippen LogP contribution in [0.3, 0.4) is 0 Å². The summed E-state index contributed by atoms with van der Waals surface area (Å²) in [5.41, 5.74) is 3.42. The van der Waals surface area contributed by atoms with E-state index >= 15 is 0 Å². The molecule has 1 aromatic heterocycles. The summed E-state index contributed by atoms with van der Waals surface area (Å²) in [4.78, 5) is 11.2. The highest BCUT2D eigenvalue weighted by Gasteiger charge is 2.18. The normalized spacial score (nSPS) is 13.4. The van der Waals surface area contributed by atoms with Gasteiger partial charge in [-0.25, -0.2) is 0 Å². The summed E-state index contributed by atoms with van der Waals surface area (Å²) in [7, 11) is 0. The molecule has 0 aliphatic carbocycles. The number of aryl methyl sites for hydroxylation is 1. The first-order valence-electron chi connectivity index (χ1n) is 6.12. The molecule has 0 unspecified atom stereocenters. The maximum atomic E-state index is 11.2. The maximum Gasteiger partial charge on any atom is 0.262 e. The predicted octanol–water partition coefficient (Wildman–Crippen LogP) is 2.31. The molecule has 0 saturated carbocycles. The lowest BCUT2D eigenvalue weighted by Gasteiger charge is -2.20. The SMILES string of the molecule is Cc1[nH]ncc1CNc1cc2c(cc1Cl)NC(=O)CO2. The second kappa shape index (κ2) is 5.05. The number of H-pyrrole nitrogens is 1. The fourth-order valence-corrected chi connectivity index (χ4v) is 2.21. The molecule has 7 heteroatoms. The molecule has 0 bridgehead atoms. The number of ether oxygens (including phenoxy) is 1. The number of nitrogens with one attached hydrogen (secondary N) is 3. The van der Waals surface area contributed by atoms with Crippen LogP contribution in [0, 0.1) is 6.92 Å². The zero-order valence-corrected chi connectivity index (χ0v) is 11.5. The van der Waals surface area contributed by atoms with Crippen LogP contribution in [-0.2, 0) is 11.3 Å². The summed E-state index contributed by atoms with van der Waals surface area (Å²) in [6.45, 7) is 2.58. The van der Waals surface area contributed by atoms with Crippen molar-refractivity contribution in [2.45, 2.75) is 13.5 Å². The Morgan fingerprint density at radius 3 is 3.10 bits per heavy atom. The van der Waals surface area contributed by atoms with Crippen LogP contribution in [0.4, 0.5) is 11.4 Å². The van der Waals surface area contributed by atoms with Gasteiger partial charge in [-0.1, -0.05) is 11.6 Å². The molecule has 0 atom stereocenters. The molecule has 3 N–H and O–H groups in total. The van der Waals surface area contributed by atoms with Crippen molar-refractivity contribution in [2.24, 2.45) is 0 Å². The number of anilines is 2. The van der Waals surface area contributed by atoms with E-state index in [1.807, 2.05) is 6.92 Å². The third-order valence-corrected chi connectivity index (χ3v) is 3.42. The van der Waals surface area contributed by atoms with Crippen LogP contribution in [0.2, 0.25) is 5.02 Å². The predicted molar refractivity (Wildman–Crippen MR) is 76.2 cm³/mol. The molecular weight excluding hydrogens is 280 g/mol. The summed E-state index contributed by atoms with van der Waals surface area (Å²) in [6, 6.07) is 3.46. The minimum absolute atomic E-state index is 0.0227. The van der Waals surface area contributed by atoms with Gasteiger partial charge in [0.25, 0.3) is 5.91 Å². The molecule has 2 aromatic rings. The van der Waals surface area contributed by atoms with Gasteiger partial charge in [0.05, 0.1) is 22.6 Å². The van der Waals surface area contributed by atoms with Crippen LogP contribution >= 0.6 is 11.6 Å².